The summed E-state index contributed by atoms with van der Waals surface area (Å²) in [5, 5.41) is 19.6. The first-order valence-corrected chi connectivity index (χ1v) is 5.56. The highest BCUT2D eigenvalue weighted by Gasteiger charge is 2.11. The Bertz CT molecular complexity index is 751. The van der Waals surface area contributed by atoms with Gasteiger partial charge in [0.05, 0.1) is 5.56 Å². The maximum Gasteiger partial charge on any atom is 0.259 e. The largest absolute Gasteiger partial charge is 0.507 e. The summed E-state index contributed by atoms with van der Waals surface area (Å²) in [5.41, 5.74) is 1.92. The number of phenols is 1. The third-order valence-electron chi connectivity index (χ3n) is 2.66. The van der Waals surface area contributed by atoms with E-state index >= 15 is 0 Å². The molecule has 3 rings (SSSR count). The van der Waals surface area contributed by atoms with Crippen molar-refractivity contribution < 1.29 is 14.5 Å². The van der Waals surface area contributed by atoms with E-state index < -0.39 is 5.91 Å². The van der Waals surface area contributed by atoms with E-state index in [1.807, 2.05) is 0 Å². The van der Waals surface area contributed by atoms with Crippen molar-refractivity contribution in [3.8, 4) is 5.75 Å². The van der Waals surface area contributed by atoms with Crippen LogP contribution in [0.25, 0.3) is 11.0 Å². The second-order valence-electron chi connectivity index (χ2n) is 3.94. The second kappa shape index (κ2) is 4.41. The topological polar surface area (TPSA) is 88.3 Å². The third kappa shape index (κ3) is 2.11. The monoisotopic (exact) mass is 255 g/mol. The van der Waals surface area contributed by atoms with Gasteiger partial charge < -0.3 is 10.4 Å². The fourth-order valence-electron chi connectivity index (χ4n) is 1.72. The Balaban J connectivity index is 1.88. The molecule has 1 aromatic heterocycles. The fraction of sp³-hybridized carbons (Fsp3) is 0. The molecule has 6 heteroatoms. The molecule has 1 heterocycles. The van der Waals surface area contributed by atoms with E-state index in [1.165, 1.54) is 6.07 Å². The number of rotatable bonds is 2. The number of phenolic OH excluding ortho intramolecular Hbond substituents is 1. The Kier molecular flexibility index (Phi) is 2.60. The van der Waals surface area contributed by atoms with Crippen LogP contribution in [-0.4, -0.2) is 21.3 Å². The summed E-state index contributed by atoms with van der Waals surface area (Å²) < 4.78 is 4.58. The normalized spacial score (nSPS) is 10.5. The number of carbonyl (C=O) groups is 1. The SMILES string of the molecule is O=C(Nc1ccc2nonc2c1)c1ccccc1O. The van der Waals surface area contributed by atoms with Gasteiger partial charge in [-0.25, -0.2) is 4.63 Å². The molecule has 0 aliphatic carbocycles. The van der Waals surface area contributed by atoms with Crippen molar-refractivity contribution in [3.63, 3.8) is 0 Å². The Morgan fingerprint density at radius 2 is 1.89 bits per heavy atom. The summed E-state index contributed by atoms with van der Waals surface area (Å²) in [7, 11) is 0. The number of nitrogens with one attached hydrogen (secondary N) is 1. The van der Waals surface area contributed by atoms with Crippen LogP contribution in [0.4, 0.5) is 5.69 Å². The number of nitrogens with zero attached hydrogens (tertiary/aromatic N) is 2. The molecule has 19 heavy (non-hydrogen) atoms. The third-order valence-corrected chi connectivity index (χ3v) is 2.66. The van der Waals surface area contributed by atoms with Gasteiger partial charge in [0.2, 0.25) is 0 Å². The van der Waals surface area contributed by atoms with Gasteiger partial charge in [-0.1, -0.05) is 12.1 Å². The van der Waals surface area contributed by atoms with Gasteiger partial charge in [0.25, 0.3) is 5.91 Å². The minimum atomic E-state index is -0.395. The standard InChI is InChI=1S/C13H9N3O3/c17-12-4-2-1-3-9(12)13(18)14-8-5-6-10-11(7-8)16-19-15-10/h1-7,17H,(H,14,18). The first-order chi connectivity index (χ1) is 9.24. The van der Waals surface area contributed by atoms with E-state index in [-0.39, 0.29) is 11.3 Å². The van der Waals surface area contributed by atoms with Gasteiger partial charge in [-0.15, -0.1) is 0 Å². The number of anilines is 1. The van der Waals surface area contributed by atoms with E-state index in [9.17, 15) is 9.90 Å². The zero-order valence-electron chi connectivity index (χ0n) is 9.70. The van der Waals surface area contributed by atoms with Gasteiger partial charge in [0.15, 0.2) is 0 Å². The van der Waals surface area contributed by atoms with Gasteiger partial charge in [0.1, 0.15) is 16.8 Å². The van der Waals surface area contributed by atoms with Gasteiger partial charge >= 0.3 is 0 Å². The molecule has 0 aliphatic heterocycles. The van der Waals surface area contributed by atoms with E-state index in [4.69, 9.17) is 0 Å². The molecule has 2 aromatic carbocycles. The van der Waals surface area contributed by atoms with Crippen LogP contribution in [0.15, 0.2) is 47.1 Å². The van der Waals surface area contributed by atoms with Crippen LogP contribution in [0.3, 0.4) is 0 Å². The van der Waals surface area contributed by atoms with E-state index in [2.05, 4.69) is 20.3 Å². The predicted octanol–water partition coefficient (Wildman–Crippen LogP) is 2.18. The smallest absolute Gasteiger partial charge is 0.259 e. The molecule has 1 amide bonds. The van der Waals surface area contributed by atoms with Crippen molar-refractivity contribution in [2.45, 2.75) is 0 Å². The second-order valence-corrected chi connectivity index (χ2v) is 3.94. The highest BCUT2D eigenvalue weighted by molar-refractivity contribution is 6.06. The van der Waals surface area contributed by atoms with Crippen LogP contribution in [0.2, 0.25) is 0 Å². The first kappa shape index (κ1) is 11.2. The highest BCUT2D eigenvalue weighted by atomic mass is 16.6. The van der Waals surface area contributed by atoms with Crippen LogP contribution in [0.1, 0.15) is 10.4 Å². The number of fused-ring (bicyclic) bond motifs is 1. The molecule has 94 valence electrons. The van der Waals surface area contributed by atoms with Gasteiger partial charge in [-0.3, -0.25) is 4.79 Å². The molecule has 0 radical (unpaired) electrons. The van der Waals surface area contributed by atoms with Crippen LogP contribution in [-0.2, 0) is 0 Å². The van der Waals surface area contributed by atoms with Crippen molar-refractivity contribution in [1.82, 2.24) is 10.3 Å². The minimum absolute atomic E-state index is 0.0656. The number of aromatic nitrogens is 2. The zero-order chi connectivity index (χ0) is 13.2. The lowest BCUT2D eigenvalue weighted by atomic mass is 10.2. The van der Waals surface area contributed by atoms with Crippen LogP contribution < -0.4 is 5.32 Å². The lowest BCUT2D eigenvalue weighted by Gasteiger charge is -2.06. The minimum Gasteiger partial charge on any atom is -0.507 e. The number of aromatic hydroxyl groups is 1. The molecule has 0 aliphatic rings. The molecular weight excluding hydrogens is 246 g/mol. The molecular formula is C13H9N3O3. The van der Waals surface area contributed by atoms with E-state index in [0.717, 1.165) is 0 Å². The number of para-hydroxylation sites is 1. The Hall–Kier alpha value is -2.89. The van der Waals surface area contributed by atoms with E-state index in [0.29, 0.717) is 16.7 Å². The first-order valence-electron chi connectivity index (χ1n) is 5.56. The lowest BCUT2D eigenvalue weighted by molar-refractivity contribution is 0.102. The molecule has 6 nitrogen and oxygen atoms in total. The molecule has 0 saturated heterocycles. The molecule has 3 aromatic rings. The Morgan fingerprint density at radius 3 is 2.74 bits per heavy atom. The van der Waals surface area contributed by atoms with Crippen molar-refractivity contribution in [3.05, 3.63) is 48.0 Å². The Labute approximate surface area is 107 Å². The van der Waals surface area contributed by atoms with Crippen molar-refractivity contribution in [2.75, 3.05) is 5.32 Å². The Morgan fingerprint density at radius 1 is 1.11 bits per heavy atom. The van der Waals surface area contributed by atoms with Crippen LogP contribution in [0, 0.1) is 0 Å². The van der Waals surface area contributed by atoms with Crippen molar-refractivity contribution >= 4 is 22.6 Å². The maximum atomic E-state index is 12.0. The van der Waals surface area contributed by atoms with Crippen molar-refractivity contribution in [1.29, 1.82) is 0 Å². The summed E-state index contributed by atoms with van der Waals surface area (Å²) >= 11 is 0. The molecule has 2 N–H and O–H groups in total. The number of amides is 1. The average molecular weight is 255 g/mol. The molecule has 0 unspecified atom stereocenters. The zero-order valence-corrected chi connectivity index (χ0v) is 9.70. The summed E-state index contributed by atoms with van der Waals surface area (Å²) in [6.45, 7) is 0. The van der Waals surface area contributed by atoms with Gasteiger partial charge in [0, 0.05) is 5.69 Å². The van der Waals surface area contributed by atoms with Crippen molar-refractivity contribution in [2.24, 2.45) is 0 Å². The molecule has 0 bridgehead atoms. The highest BCUT2D eigenvalue weighted by Crippen LogP contribution is 2.19. The molecule has 0 saturated carbocycles. The summed E-state index contributed by atoms with van der Waals surface area (Å²) in [5.74, 6) is -0.460. The summed E-state index contributed by atoms with van der Waals surface area (Å²) in [6, 6.07) is 11.3. The lowest BCUT2D eigenvalue weighted by Crippen LogP contribution is -2.11. The average Bonchev–Trinajstić information content (AvgIpc) is 2.86. The molecule has 0 atom stereocenters. The van der Waals surface area contributed by atoms with E-state index in [1.54, 1.807) is 36.4 Å². The fourth-order valence-corrected chi connectivity index (χ4v) is 1.72. The van der Waals surface area contributed by atoms with Crippen LogP contribution in [0.5, 0.6) is 5.75 Å². The summed E-state index contributed by atoms with van der Waals surface area (Å²) in [4.78, 5) is 12.0. The maximum absolute atomic E-state index is 12.0. The van der Waals surface area contributed by atoms with Gasteiger partial charge in [-0.2, -0.15) is 0 Å². The van der Waals surface area contributed by atoms with Gasteiger partial charge in [-0.05, 0) is 40.6 Å². The number of benzene rings is 2. The predicted molar refractivity (Wildman–Crippen MR) is 67.9 cm³/mol. The van der Waals surface area contributed by atoms with Crippen LogP contribution >= 0.6 is 0 Å². The number of carbonyl (C=O) groups excluding carboxylic acids is 1. The summed E-state index contributed by atoms with van der Waals surface area (Å²) in [6.07, 6.45) is 0. The number of hydrogen-bond acceptors (Lipinski definition) is 5. The molecule has 0 spiro atoms. The quantitative estimate of drug-likeness (QED) is 0.732. The molecule has 0 fully saturated rings. The number of hydrogen-bond donors (Lipinski definition) is 2.